The molecule has 1 heterocycles. The molecule has 0 spiro atoms. The summed E-state index contributed by atoms with van der Waals surface area (Å²) in [6.07, 6.45) is 10.8. The van der Waals surface area contributed by atoms with Crippen LogP contribution >= 0.6 is 0 Å². The van der Waals surface area contributed by atoms with Crippen molar-refractivity contribution in [3.05, 3.63) is 50.8 Å². The zero-order valence-electron chi connectivity index (χ0n) is 13.4. The van der Waals surface area contributed by atoms with Gasteiger partial charge in [-0.3, -0.25) is 5.32 Å². The van der Waals surface area contributed by atoms with Crippen molar-refractivity contribution in [1.29, 1.82) is 0 Å². The van der Waals surface area contributed by atoms with E-state index >= 15 is 0 Å². The smallest absolute Gasteiger partial charge is 0.168 e. The van der Waals surface area contributed by atoms with Crippen molar-refractivity contribution < 1.29 is 4.39 Å². The van der Waals surface area contributed by atoms with Gasteiger partial charge in [-0.25, -0.2) is 0 Å². The molecule has 0 unspecified atom stereocenters. The topological polar surface area (TPSA) is 14.1 Å². The van der Waals surface area contributed by atoms with Crippen molar-refractivity contribution in [2.24, 2.45) is 0 Å². The number of unbranched alkanes of at least 4 members (excludes halogenated alkanes) is 3. The Morgan fingerprint density at radius 3 is 1.45 bits per heavy atom. The molecule has 0 aromatic carbocycles. The van der Waals surface area contributed by atoms with Crippen molar-refractivity contribution in [2.75, 3.05) is 0 Å². The number of rotatable bonds is 3. The standard InChI is InChI=1S/C5H3FN.3C4H9.Sn/c6-5-1-3-7-4-2-5;3*1-3-4-2;/h1,3-4H;3*1,3-4H2,2H3;. The van der Waals surface area contributed by atoms with Gasteiger partial charge in [0.25, 0.3) is 0 Å². The van der Waals surface area contributed by atoms with Gasteiger partial charge in [0.1, 0.15) is 0 Å². The molecule has 3 heteroatoms. The van der Waals surface area contributed by atoms with Crippen LogP contribution in [0.2, 0.25) is 0 Å². The molecule has 20 heavy (non-hydrogen) atoms. The van der Waals surface area contributed by atoms with Crippen LogP contribution in [-0.4, -0.2) is 23.9 Å². The minimum absolute atomic E-state index is 0. The maximum absolute atomic E-state index is 11.8. The molecule has 0 aromatic heterocycles. The second kappa shape index (κ2) is 31.3. The van der Waals surface area contributed by atoms with Gasteiger partial charge in [0, 0.05) is 36.2 Å². The summed E-state index contributed by atoms with van der Waals surface area (Å²) >= 11 is 0. The molecule has 0 saturated carbocycles. The van der Waals surface area contributed by atoms with Crippen LogP contribution in [0, 0.1) is 20.8 Å². The van der Waals surface area contributed by atoms with Gasteiger partial charge in [-0.05, 0) is 0 Å². The molecule has 0 aliphatic carbocycles. The first-order valence-electron chi connectivity index (χ1n) is 6.99. The van der Waals surface area contributed by atoms with Gasteiger partial charge < -0.3 is 0 Å². The Balaban J connectivity index is -0.0000000881. The van der Waals surface area contributed by atoms with E-state index in [-0.39, 0.29) is 29.7 Å². The molecular formula is C17H30FNSn. The average molecular weight is 386 g/mol. The first-order chi connectivity index (χ1) is 9.14. The first-order valence-corrected chi connectivity index (χ1v) is 6.99. The summed E-state index contributed by atoms with van der Waals surface area (Å²) < 4.78 is 11.8. The largest absolute Gasteiger partial charge is 0.256 e. The Hall–Kier alpha value is -0.211. The van der Waals surface area contributed by atoms with Crippen molar-refractivity contribution in [3.63, 3.8) is 0 Å². The summed E-state index contributed by atoms with van der Waals surface area (Å²) in [5, 5.41) is 3.55. The molecule has 1 rings (SSSR count). The van der Waals surface area contributed by atoms with E-state index < -0.39 is 0 Å². The molecule has 0 saturated heterocycles. The average Bonchev–Trinajstić information content (AvgIpc) is 2.48. The van der Waals surface area contributed by atoms with E-state index in [1.165, 1.54) is 37.7 Å². The molecule has 0 amide bonds. The van der Waals surface area contributed by atoms with Crippen LogP contribution in [0.15, 0.2) is 30.0 Å². The van der Waals surface area contributed by atoms with Crippen LogP contribution in [0.25, 0.3) is 0 Å². The third-order valence-electron chi connectivity index (χ3n) is 1.64. The van der Waals surface area contributed by atoms with Gasteiger partial charge in [-0.2, -0.15) is 4.39 Å². The zero-order valence-corrected chi connectivity index (χ0v) is 16.3. The van der Waals surface area contributed by atoms with Crippen LogP contribution in [0.1, 0.15) is 59.3 Å². The molecule has 0 atom stereocenters. The summed E-state index contributed by atoms with van der Waals surface area (Å²) in [4.78, 5) is 0. The third kappa shape index (κ3) is 43.1. The van der Waals surface area contributed by atoms with Gasteiger partial charge >= 0.3 is 0 Å². The first kappa shape index (κ1) is 28.0. The van der Waals surface area contributed by atoms with Gasteiger partial charge in [0.05, 0.1) is 6.20 Å². The molecule has 0 fully saturated rings. The fourth-order valence-corrected chi connectivity index (χ4v) is 0.299. The van der Waals surface area contributed by atoms with Crippen LogP contribution in [-0.2, 0) is 0 Å². The third-order valence-corrected chi connectivity index (χ3v) is 1.64. The SMILES string of the molecule is FC1=C=C[N]C=C1.[CH2]CCC.[CH2]CCC.[CH2]CCC.[Sn]. The minimum atomic E-state index is -0.366. The Morgan fingerprint density at radius 1 is 1.00 bits per heavy atom. The number of halogens is 1. The fraction of sp³-hybridized carbons (Fsp3) is 0.529. The number of hydrogen-bond acceptors (Lipinski definition) is 0. The summed E-state index contributed by atoms with van der Waals surface area (Å²) in [6, 6.07) is 0. The second-order valence-corrected chi connectivity index (χ2v) is 3.65. The van der Waals surface area contributed by atoms with Crippen molar-refractivity contribution in [2.45, 2.75) is 59.3 Å². The predicted octanol–water partition coefficient (Wildman–Crippen LogP) is 5.57. The number of nitrogens with zero attached hydrogens (tertiary/aromatic N) is 1. The summed E-state index contributed by atoms with van der Waals surface area (Å²) in [5.41, 5.74) is 2.25. The van der Waals surface area contributed by atoms with E-state index in [9.17, 15) is 4.39 Å². The normalized spacial score (nSPS) is 10.1. The van der Waals surface area contributed by atoms with Crippen LogP contribution in [0.3, 0.4) is 0 Å². The molecule has 1 aliphatic rings. The maximum Gasteiger partial charge on any atom is 0.168 e. The Bertz CT molecular complexity index is 216. The van der Waals surface area contributed by atoms with E-state index in [1.54, 1.807) is 0 Å². The molecule has 1 aliphatic heterocycles. The Morgan fingerprint density at radius 2 is 1.35 bits per heavy atom. The van der Waals surface area contributed by atoms with Crippen LogP contribution < -0.4 is 5.32 Å². The maximum atomic E-state index is 11.8. The predicted molar refractivity (Wildman–Crippen MR) is 90.5 cm³/mol. The number of hydrogen-bond donors (Lipinski definition) is 0. The number of allylic oxidation sites excluding steroid dienone is 2. The van der Waals surface area contributed by atoms with Crippen LogP contribution in [0.4, 0.5) is 4.39 Å². The second-order valence-electron chi connectivity index (χ2n) is 3.65. The van der Waals surface area contributed by atoms with E-state index in [0.29, 0.717) is 0 Å². The Labute approximate surface area is 143 Å². The summed E-state index contributed by atoms with van der Waals surface area (Å²) in [5.74, 6) is -0.366. The van der Waals surface area contributed by atoms with E-state index in [1.807, 2.05) is 0 Å². The van der Waals surface area contributed by atoms with Gasteiger partial charge in [0.15, 0.2) is 5.83 Å². The minimum Gasteiger partial charge on any atom is -0.256 e. The van der Waals surface area contributed by atoms with Gasteiger partial charge in [0.2, 0.25) is 0 Å². The Kier molecular flexibility index (Phi) is 43.8. The molecule has 8 radical (unpaired) electrons. The molecular weight excluding hydrogens is 356 g/mol. The van der Waals surface area contributed by atoms with E-state index in [2.05, 4.69) is 52.6 Å². The molecule has 0 bridgehead atoms. The van der Waals surface area contributed by atoms with Gasteiger partial charge in [-0.1, -0.05) is 85.8 Å². The van der Waals surface area contributed by atoms with Crippen LogP contribution in [0.5, 0.6) is 0 Å². The molecule has 1 nitrogen and oxygen atoms in total. The quantitative estimate of drug-likeness (QED) is 0.445. The van der Waals surface area contributed by atoms with Crippen molar-refractivity contribution in [3.8, 4) is 0 Å². The molecule has 0 aromatic rings. The van der Waals surface area contributed by atoms with E-state index in [4.69, 9.17) is 0 Å². The van der Waals surface area contributed by atoms with Crippen molar-refractivity contribution in [1.82, 2.24) is 5.32 Å². The van der Waals surface area contributed by atoms with Crippen molar-refractivity contribution >= 4 is 23.9 Å². The fourth-order valence-electron chi connectivity index (χ4n) is 0.299. The molecule has 0 N–H and O–H groups in total. The monoisotopic (exact) mass is 387 g/mol. The summed E-state index contributed by atoms with van der Waals surface area (Å²) in [7, 11) is 0. The zero-order chi connectivity index (χ0) is 15.4. The van der Waals surface area contributed by atoms with Gasteiger partial charge in [-0.15, -0.1) is 0 Å². The summed E-state index contributed by atoms with van der Waals surface area (Å²) in [6.45, 7) is 17.2. The molecule has 114 valence electrons. The van der Waals surface area contributed by atoms with E-state index in [0.717, 1.165) is 19.3 Å².